The average Bonchev–Trinajstić information content (AvgIpc) is 2.27. The molecule has 0 aromatic heterocycles. The van der Waals surface area contributed by atoms with Gasteiger partial charge in [0.1, 0.15) is 0 Å². The van der Waals surface area contributed by atoms with Gasteiger partial charge in [0.25, 0.3) is 0 Å². The molecule has 1 heterocycles. The van der Waals surface area contributed by atoms with Gasteiger partial charge in [0.05, 0.1) is 6.67 Å². The summed E-state index contributed by atoms with van der Waals surface area (Å²) in [7, 11) is 0. The summed E-state index contributed by atoms with van der Waals surface area (Å²) in [5, 5.41) is 0. The highest BCUT2D eigenvalue weighted by atomic mass is 15.4. The highest BCUT2D eigenvalue weighted by Gasteiger charge is 2.31. The average molecular weight is 196 g/mol. The van der Waals surface area contributed by atoms with Crippen LogP contribution in [0, 0.1) is 0 Å². The van der Waals surface area contributed by atoms with Crippen molar-refractivity contribution >= 4 is 0 Å². The molecule has 0 aliphatic carbocycles. The summed E-state index contributed by atoms with van der Waals surface area (Å²) in [6.45, 7) is 16.7. The topological polar surface area (TPSA) is 6.48 Å². The number of hydrogen-bond acceptors (Lipinski definition) is 2. The van der Waals surface area contributed by atoms with Crippen molar-refractivity contribution in [3.8, 4) is 0 Å². The number of rotatable bonds is 0. The van der Waals surface area contributed by atoms with Gasteiger partial charge in [0, 0.05) is 23.0 Å². The van der Waals surface area contributed by atoms with Gasteiger partial charge >= 0.3 is 0 Å². The smallest absolute Gasteiger partial charge is 0.0905 e. The molecule has 0 amide bonds. The zero-order valence-electron chi connectivity index (χ0n) is 10.7. The third kappa shape index (κ3) is 2.23. The third-order valence-electron chi connectivity index (χ3n) is 2.73. The molecule has 82 valence electrons. The van der Waals surface area contributed by atoms with E-state index in [1.54, 1.807) is 0 Å². The Balaban J connectivity index is 2.80. The molecule has 1 aliphatic heterocycles. The van der Waals surface area contributed by atoms with Crippen molar-refractivity contribution in [2.45, 2.75) is 59.5 Å². The van der Waals surface area contributed by atoms with E-state index < -0.39 is 0 Å². The van der Waals surface area contributed by atoms with Gasteiger partial charge in [0.2, 0.25) is 0 Å². The molecule has 0 saturated heterocycles. The molecule has 0 atom stereocenters. The van der Waals surface area contributed by atoms with E-state index >= 15 is 0 Å². The molecule has 0 unspecified atom stereocenters. The third-order valence-corrected chi connectivity index (χ3v) is 2.73. The van der Waals surface area contributed by atoms with Crippen molar-refractivity contribution < 1.29 is 0 Å². The van der Waals surface area contributed by atoms with Gasteiger partial charge in [-0.3, -0.25) is 0 Å². The predicted molar refractivity (Wildman–Crippen MR) is 61.8 cm³/mol. The van der Waals surface area contributed by atoms with Crippen LogP contribution in [-0.2, 0) is 0 Å². The van der Waals surface area contributed by atoms with Crippen LogP contribution >= 0.6 is 0 Å². The van der Waals surface area contributed by atoms with Crippen molar-refractivity contribution in [3.63, 3.8) is 0 Å². The van der Waals surface area contributed by atoms with Crippen molar-refractivity contribution in [1.29, 1.82) is 0 Å². The van der Waals surface area contributed by atoms with Crippen molar-refractivity contribution in [2.75, 3.05) is 6.67 Å². The maximum Gasteiger partial charge on any atom is 0.0905 e. The Morgan fingerprint density at radius 2 is 1.50 bits per heavy atom. The van der Waals surface area contributed by atoms with Crippen LogP contribution in [-0.4, -0.2) is 27.5 Å². The Labute approximate surface area is 88.6 Å². The standard InChI is InChI=1S/C12H24N2/c1-10-8-13(11(2,3)4)9-14(10)12(5,6)7/h8H,9H2,1-7H3. The van der Waals surface area contributed by atoms with E-state index in [0.717, 1.165) is 6.67 Å². The lowest BCUT2D eigenvalue weighted by Gasteiger charge is -2.39. The molecule has 2 nitrogen and oxygen atoms in total. The lowest BCUT2D eigenvalue weighted by molar-refractivity contribution is 0.104. The fourth-order valence-electron chi connectivity index (χ4n) is 1.75. The molecule has 1 rings (SSSR count). The second-order valence-electron chi connectivity index (χ2n) is 6.15. The Bertz CT molecular complexity index is 240. The summed E-state index contributed by atoms with van der Waals surface area (Å²) < 4.78 is 0. The molecule has 1 aliphatic rings. The van der Waals surface area contributed by atoms with Gasteiger partial charge < -0.3 is 9.80 Å². The lowest BCUT2D eigenvalue weighted by Crippen LogP contribution is -2.45. The summed E-state index contributed by atoms with van der Waals surface area (Å²) in [6.07, 6.45) is 2.27. The minimum absolute atomic E-state index is 0.223. The van der Waals surface area contributed by atoms with Crippen LogP contribution in [0.4, 0.5) is 0 Å². The van der Waals surface area contributed by atoms with E-state index in [2.05, 4.69) is 64.5 Å². The van der Waals surface area contributed by atoms with E-state index in [-0.39, 0.29) is 11.1 Å². The Morgan fingerprint density at radius 3 is 1.71 bits per heavy atom. The Morgan fingerprint density at radius 1 is 1.00 bits per heavy atom. The summed E-state index contributed by atoms with van der Waals surface area (Å²) in [4.78, 5) is 4.84. The van der Waals surface area contributed by atoms with E-state index in [1.165, 1.54) is 5.70 Å². The molecule has 0 aromatic rings. The fraction of sp³-hybridized carbons (Fsp3) is 0.833. The lowest BCUT2D eigenvalue weighted by atomic mass is 10.1. The van der Waals surface area contributed by atoms with E-state index in [9.17, 15) is 0 Å². The second kappa shape index (κ2) is 3.18. The van der Waals surface area contributed by atoms with E-state index in [1.807, 2.05) is 0 Å². The van der Waals surface area contributed by atoms with Crippen molar-refractivity contribution in [1.82, 2.24) is 9.80 Å². The molecule has 0 N–H and O–H groups in total. The van der Waals surface area contributed by atoms with Gasteiger partial charge in [0.15, 0.2) is 0 Å². The predicted octanol–water partition coefficient (Wildman–Crippen LogP) is 3.02. The van der Waals surface area contributed by atoms with Gasteiger partial charge in [-0.25, -0.2) is 0 Å². The van der Waals surface area contributed by atoms with Crippen LogP contribution in [0.15, 0.2) is 11.9 Å². The first-order valence-corrected chi connectivity index (χ1v) is 5.35. The first-order chi connectivity index (χ1) is 6.12. The SMILES string of the molecule is CC1=CN(C(C)(C)C)CN1C(C)(C)C. The normalized spacial score (nSPS) is 18.9. The number of nitrogens with zero attached hydrogens (tertiary/aromatic N) is 2. The van der Waals surface area contributed by atoms with Gasteiger partial charge in [-0.1, -0.05) is 0 Å². The summed E-state index contributed by atoms with van der Waals surface area (Å²) in [5.41, 5.74) is 1.81. The molecule has 0 spiro atoms. The summed E-state index contributed by atoms with van der Waals surface area (Å²) >= 11 is 0. The molecular weight excluding hydrogens is 172 g/mol. The molecule has 0 fully saturated rings. The molecule has 0 saturated carbocycles. The van der Waals surface area contributed by atoms with Gasteiger partial charge in [-0.15, -0.1) is 0 Å². The maximum absolute atomic E-state index is 2.44. The summed E-state index contributed by atoms with van der Waals surface area (Å²) in [5.74, 6) is 0. The summed E-state index contributed by atoms with van der Waals surface area (Å²) in [6, 6.07) is 0. The second-order valence-corrected chi connectivity index (χ2v) is 6.15. The quantitative estimate of drug-likeness (QED) is 0.587. The molecule has 0 radical (unpaired) electrons. The van der Waals surface area contributed by atoms with Gasteiger partial charge in [-0.2, -0.15) is 0 Å². The largest absolute Gasteiger partial charge is 0.353 e. The van der Waals surface area contributed by atoms with Crippen LogP contribution in [0.5, 0.6) is 0 Å². The van der Waals surface area contributed by atoms with Crippen LogP contribution < -0.4 is 0 Å². The van der Waals surface area contributed by atoms with Crippen LogP contribution in [0.1, 0.15) is 48.5 Å². The monoisotopic (exact) mass is 196 g/mol. The van der Waals surface area contributed by atoms with E-state index in [0.29, 0.717) is 0 Å². The molecule has 0 bridgehead atoms. The first-order valence-electron chi connectivity index (χ1n) is 5.35. The zero-order valence-corrected chi connectivity index (χ0v) is 10.7. The van der Waals surface area contributed by atoms with Crippen LogP contribution in [0.3, 0.4) is 0 Å². The Hall–Kier alpha value is -0.660. The van der Waals surface area contributed by atoms with Crippen LogP contribution in [0.25, 0.3) is 0 Å². The van der Waals surface area contributed by atoms with Crippen molar-refractivity contribution in [2.24, 2.45) is 0 Å². The molecule has 0 aromatic carbocycles. The Kier molecular flexibility index (Phi) is 2.59. The van der Waals surface area contributed by atoms with E-state index in [4.69, 9.17) is 0 Å². The molecule has 14 heavy (non-hydrogen) atoms. The highest BCUT2D eigenvalue weighted by Crippen LogP contribution is 2.29. The first kappa shape index (κ1) is 11.4. The fourth-order valence-corrected chi connectivity index (χ4v) is 1.75. The minimum atomic E-state index is 0.223. The van der Waals surface area contributed by atoms with Gasteiger partial charge in [-0.05, 0) is 48.5 Å². The highest BCUT2D eigenvalue weighted by molar-refractivity contribution is 5.09. The molecular formula is C12H24N2. The minimum Gasteiger partial charge on any atom is -0.353 e. The van der Waals surface area contributed by atoms with Crippen LogP contribution in [0.2, 0.25) is 0 Å². The zero-order chi connectivity index (χ0) is 11.1. The number of allylic oxidation sites excluding steroid dienone is 1. The number of hydrogen-bond donors (Lipinski definition) is 0. The molecule has 2 heteroatoms. The maximum atomic E-state index is 2.44. The van der Waals surface area contributed by atoms with Crippen molar-refractivity contribution in [3.05, 3.63) is 11.9 Å².